The minimum absolute atomic E-state index is 0.0147. The van der Waals surface area contributed by atoms with E-state index in [9.17, 15) is 19.6 Å². The molecule has 0 aromatic heterocycles. The molecule has 5 aliphatic carbocycles. The summed E-state index contributed by atoms with van der Waals surface area (Å²) in [5, 5.41) is 13.3. The molecule has 6 heteroatoms. The Bertz CT molecular complexity index is 1300. The first-order valence-electron chi connectivity index (χ1n) is 16.6. The van der Waals surface area contributed by atoms with Crippen molar-refractivity contribution in [2.24, 2.45) is 50.7 Å². The summed E-state index contributed by atoms with van der Waals surface area (Å²) in [7, 11) is 0. The number of ketones is 2. The summed E-state index contributed by atoms with van der Waals surface area (Å²) >= 11 is 0. The molecule has 1 heterocycles. The predicted molar refractivity (Wildman–Crippen MR) is 163 cm³/mol. The number of hydrogen-bond acceptors (Lipinski definition) is 5. The van der Waals surface area contributed by atoms with Gasteiger partial charge in [0, 0.05) is 49.3 Å². The second kappa shape index (κ2) is 9.88. The molecule has 228 valence electrons. The average Bonchev–Trinajstić information content (AvgIpc) is 2.95. The van der Waals surface area contributed by atoms with Gasteiger partial charge in [0.05, 0.1) is 5.57 Å². The van der Waals surface area contributed by atoms with Crippen LogP contribution in [0.5, 0.6) is 0 Å². The van der Waals surface area contributed by atoms with Crippen molar-refractivity contribution in [3.63, 3.8) is 0 Å². The molecule has 1 N–H and O–H groups in total. The van der Waals surface area contributed by atoms with E-state index in [-0.39, 0.29) is 63.0 Å². The van der Waals surface area contributed by atoms with Gasteiger partial charge in [0.15, 0.2) is 11.6 Å². The van der Waals surface area contributed by atoms with E-state index in [1.165, 1.54) is 5.57 Å². The third kappa shape index (κ3) is 4.31. The van der Waals surface area contributed by atoms with Crippen LogP contribution in [0.4, 0.5) is 0 Å². The zero-order valence-electron chi connectivity index (χ0n) is 26.8. The van der Waals surface area contributed by atoms with Gasteiger partial charge in [-0.2, -0.15) is 5.26 Å². The first-order valence-corrected chi connectivity index (χ1v) is 16.6. The Morgan fingerprint density at radius 2 is 1.71 bits per heavy atom. The summed E-state index contributed by atoms with van der Waals surface area (Å²) in [6, 6.07) is 2.21. The Labute approximate surface area is 252 Å². The Morgan fingerprint density at radius 1 is 1.00 bits per heavy atom. The van der Waals surface area contributed by atoms with Gasteiger partial charge in [-0.25, -0.2) is 0 Å². The fourth-order valence-corrected chi connectivity index (χ4v) is 11.3. The number of rotatable bonds is 3. The minimum Gasteiger partial charge on any atom is -0.340 e. The lowest BCUT2D eigenvalue weighted by atomic mass is 9.38. The normalized spacial score (nSPS) is 42.2. The lowest BCUT2D eigenvalue weighted by molar-refractivity contribution is -0.150. The fraction of sp³-hybridized carbons (Fsp3) is 0.778. The van der Waals surface area contributed by atoms with Crippen LogP contribution in [0, 0.1) is 62.1 Å². The van der Waals surface area contributed by atoms with Crippen LogP contribution in [0.3, 0.4) is 0 Å². The standard InChI is InChI=1S/C36H51N3O3/c1-32(2)13-14-36(12-9-29(41)39-17-15-38-16-18-39)11-7-24-30(25(36)21-32)26(40)19-28-34(24,5)10-8-27-33(3,4)31(42)23(22-37)20-35(27,28)6/h19-20,24-25,27,30,38H,7-18,21H2,1-6H3. The number of Topliss-reactive ketones (excluding diaryl/α,β-unsaturated/α-hetero) is 1. The molecule has 6 rings (SSSR count). The molecule has 4 fully saturated rings. The van der Waals surface area contributed by atoms with Crippen molar-refractivity contribution in [3.8, 4) is 6.07 Å². The van der Waals surface area contributed by atoms with Crippen molar-refractivity contribution in [2.45, 2.75) is 99.3 Å². The maximum absolute atomic E-state index is 14.5. The largest absolute Gasteiger partial charge is 0.340 e. The second-order valence-electron chi connectivity index (χ2n) is 16.6. The molecule has 0 aromatic rings. The molecule has 7 unspecified atom stereocenters. The Balaban J connectivity index is 1.36. The minimum atomic E-state index is -0.636. The van der Waals surface area contributed by atoms with E-state index in [1.54, 1.807) is 0 Å². The molecule has 6 nitrogen and oxygen atoms in total. The van der Waals surface area contributed by atoms with Crippen LogP contribution < -0.4 is 5.32 Å². The molecule has 7 atom stereocenters. The van der Waals surface area contributed by atoms with Gasteiger partial charge >= 0.3 is 0 Å². The quantitative estimate of drug-likeness (QED) is 0.445. The zero-order valence-corrected chi connectivity index (χ0v) is 26.8. The fourth-order valence-electron chi connectivity index (χ4n) is 11.3. The highest BCUT2D eigenvalue weighted by molar-refractivity contribution is 6.04. The van der Waals surface area contributed by atoms with E-state index in [0.717, 1.165) is 77.5 Å². The van der Waals surface area contributed by atoms with E-state index in [0.29, 0.717) is 6.42 Å². The van der Waals surface area contributed by atoms with Gasteiger partial charge in [-0.1, -0.05) is 53.2 Å². The molecule has 3 saturated carbocycles. The van der Waals surface area contributed by atoms with Crippen LogP contribution in [-0.2, 0) is 14.4 Å². The van der Waals surface area contributed by atoms with Crippen LogP contribution in [0.1, 0.15) is 99.3 Å². The molecular formula is C36H51N3O3. The lowest BCUT2D eigenvalue weighted by Crippen LogP contribution is -2.60. The predicted octanol–water partition coefficient (Wildman–Crippen LogP) is 6.03. The first kappa shape index (κ1) is 29.8. The van der Waals surface area contributed by atoms with Crippen molar-refractivity contribution in [1.82, 2.24) is 10.2 Å². The Morgan fingerprint density at radius 3 is 2.40 bits per heavy atom. The third-order valence-electron chi connectivity index (χ3n) is 13.6. The SMILES string of the molecule is CC1(C)CCC2(CCC(=O)N3CCNCC3)CCC3C(C(=O)C=C4C5(C)C=C(C#N)C(=O)C(C)(C)C5CCC43C)C2C1. The average molecular weight is 574 g/mol. The van der Waals surface area contributed by atoms with Crippen molar-refractivity contribution in [3.05, 3.63) is 23.3 Å². The van der Waals surface area contributed by atoms with Crippen LogP contribution in [-0.4, -0.2) is 48.6 Å². The second-order valence-corrected chi connectivity index (χ2v) is 16.6. The third-order valence-corrected chi connectivity index (χ3v) is 13.6. The molecule has 0 aromatic carbocycles. The van der Waals surface area contributed by atoms with Crippen LogP contribution in [0.15, 0.2) is 23.3 Å². The van der Waals surface area contributed by atoms with E-state index in [2.05, 4.69) is 39.1 Å². The maximum atomic E-state index is 14.5. The number of nitriles is 1. The van der Waals surface area contributed by atoms with Gasteiger partial charge in [0.1, 0.15) is 6.07 Å². The zero-order chi connectivity index (χ0) is 30.3. The van der Waals surface area contributed by atoms with Gasteiger partial charge in [0.2, 0.25) is 5.91 Å². The summed E-state index contributed by atoms with van der Waals surface area (Å²) in [5.41, 5.74) is 0.403. The van der Waals surface area contributed by atoms with E-state index < -0.39 is 10.8 Å². The number of carbonyl (C=O) groups excluding carboxylic acids is 3. The number of amides is 1. The molecular weight excluding hydrogens is 522 g/mol. The summed E-state index contributed by atoms with van der Waals surface area (Å²) in [5.74, 6) is 1.10. The smallest absolute Gasteiger partial charge is 0.222 e. The highest BCUT2D eigenvalue weighted by Gasteiger charge is 2.65. The number of hydrogen-bond donors (Lipinski definition) is 1. The Hall–Kier alpha value is -2.26. The highest BCUT2D eigenvalue weighted by Crippen LogP contribution is 2.71. The molecule has 6 aliphatic rings. The highest BCUT2D eigenvalue weighted by atomic mass is 16.2. The summed E-state index contributed by atoms with van der Waals surface area (Å²) in [6.45, 7) is 16.6. The maximum Gasteiger partial charge on any atom is 0.222 e. The van der Waals surface area contributed by atoms with Crippen LogP contribution in [0.25, 0.3) is 0 Å². The molecule has 1 saturated heterocycles. The van der Waals surface area contributed by atoms with E-state index >= 15 is 0 Å². The molecule has 0 bridgehead atoms. The lowest BCUT2D eigenvalue weighted by Gasteiger charge is -2.65. The number of fused-ring (bicyclic) bond motifs is 7. The first-order chi connectivity index (χ1) is 19.7. The van der Waals surface area contributed by atoms with Gasteiger partial charge < -0.3 is 10.2 Å². The number of nitrogens with one attached hydrogen (secondary N) is 1. The van der Waals surface area contributed by atoms with E-state index in [1.807, 2.05) is 30.9 Å². The molecule has 0 radical (unpaired) electrons. The molecule has 1 aliphatic heterocycles. The monoisotopic (exact) mass is 573 g/mol. The Kier molecular flexibility index (Phi) is 7.01. The van der Waals surface area contributed by atoms with Gasteiger partial charge in [-0.15, -0.1) is 0 Å². The molecule has 1 amide bonds. The van der Waals surface area contributed by atoms with Crippen molar-refractivity contribution >= 4 is 17.5 Å². The topological polar surface area (TPSA) is 90.3 Å². The molecule has 0 spiro atoms. The van der Waals surface area contributed by atoms with Crippen molar-refractivity contribution in [1.29, 1.82) is 5.26 Å². The molecule has 42 heavy (non-hydrogen) atoms. The number of carbonyl (C=O) groups is 3. The number of piperazine rings is 1. The van der Waals surface area contributed by atoms with Gasteiger partial charge in [-0.3, -0.25) is 14.4 Å². The van der Waals surface area contributed by atoms with Crippen LogP contribution >= 0.6 is 0 Å². The number of nitrogens with zero attached hydrogens (tertiary/aromatic N) is 2. The number of allylic oxidation sites excluding steroid dienone is 4. The van der Waals surface area contributed by atoms with Gasteiger partial charge in [-0.05, 0) is 91.4 Å². The van der Waals surface area contributed by atoms with Crippen molar-refractivity contribution in [2.75, 3.05) is 26.2 Å². The summed E-state index contributed by atoms with van der Waals surface area (Å²) < 4.78 is 0. The van der Waals surface area contributed by atoms with Crippen LogP contribution in [0.2, 0.25) is 0 Å². The van der Waals surface area contributed by atoms with E-state index in [4.69, 9.17) is 0 Å². The van der Waals surface area contributed by atoms with Crippen molar-refractivity contribution < 1.29 is 14.4 Å². The van der Waals surface area contributed by atoms with Gasteiger partial charge in [0.25, 0.3) is 0 Å². The summed E-state index contributed by atoms with van der Waals surface area (Å²) in [6.07, 6.45) is 12.7. The summed E-state index contributed by atoms with van der Waals surface area (Å²) in [4.78, 5) is 43.1.